The maximum atomic E-state index is 2.36. The maximum absolute atomic E-state index is 2.36. The van der Waals surface area contributed by atoms with E-state index in [4.69, 9.17) is 0 Å². The van der Waals surface area contributed by atoms with E-state index in [2.05, 4.69) is 171 Å². The van der Waals surface area contributed by atoms with Crippen LogP contribution in [0.1, 0.15) is 5.56 Å². The van der Waals surface area contributed by atoms with E-state index < -0.39 is 0 Å². The van der Waals surface area contributed by atoms with Gasteiger partial charge in [0, 0.05) is 0 Å². The molecule has 0 atom stereocenters. The van der Waals surface area contributed by atoms with Crippen LogP contribution in [-0.4, -0.2) is 0 Å². The van der Waals surface area contributed by atoms with Gasteiger partial charge in [-0.2, -0.15) is 0 Å². The average Bonchev–Trinajstić information content (AvgIpc) is 3.07. The zero-order chi connectivity index (χ0) is 28.8. The van der Waals surface area contributed by atoms with Crippen molar-refractivity contribution in [1.82, 2.24) is 0 Å². The zero-order valence-electron chi connectivity index (χ0n) is 24.1. The van der Waals surface area contributed by atoms with E-state index in [0.717, 1.165) is 0 Å². The van der Waals surface area contributed by atoms with Crippen LogP contribution in [0.15, 0.2) is 164 Å². The van der Waals surface area contributed by atoms with Crippen molar-refractivity contribution >= 4 is 32.3 Å². The average molecular weight is 547 g/mol. The van der Waals surface area contributed by atoms with Crippen LogP contribution in [0.25, 0.3) is 76.8 Å². The Morgan fingerprint density at radius 2 is 0.744 bits per heavy atom. The lowest BCUT2D eigenvalue weighted by molar-refractivity contribution is 1.51. The molecule has 8 aromatic rings. The van der Waals surface area contributed by atoms with Crippen LogP contribution in [0.2, 0.25) is 0 Å². The molecule has 0 heteroatoms. The number of hydrogen-bond donors (Lipinski definition) is 0. The van der Waals surface area contributed by atoms with Crippen molar-refractivity contribution in [1.29, 1.82) is 0 Å². The predicted molar refractivity (Wildman–Crippen MR) is 185 cm³/mol. The molecule has 0 aliphatic heterocycles. The normalized spacial score (nSPS) is 11.4. The van der Waals surface area contributed by atoms with E-state index >= 15 is 0 Å². The fourth-order valence-electron chi connectivity index (χ4n) is 6.57. The van der Waals surface area contributed by atoms with Gasteiger partial charge in [-0.3, -0.25) is 0 Å². The zero-order valence-corrected chi connectivity index (χ0v) is 24.1. The first-order valence-corrected chi connectivity index (χ1v) is 14.9. The second-order valence-electron chi connectivity index (χ2n) is 11.4. The van der Waals surface area contributed by atoms with Gasteiger partial charge in [-0.1, -0.05) is 163 Å². The SMILES string of the molecule is Cc1ccc2c(-c3ccc(-c4ccc(-c5ccccc5)cc4)cc3)c3ccccc3c(-c3ccc4ccccc4c3)c2c1. The highest BCUT2D eigenvalue weighted by atomic mass is 14.2. The summed E-state index contributed by atoms with van der Waals surface area (Å²) in [7, 11) is 0. The van der Waals surface area contributed by atoms with Crippen molar-refractivity contribution in [2.24, 2.45) is 0 Å². The Balaban J connectivity index is 1.28. The lowest BCUT2D eigenvalue weighted by Crippen LogP contribution is -1.92. The van der Waals surface area contributed by atoms with E-state index in [0.29, 0.717) is 0 Å². The van der Waals surface area contributed by atoms with Gasteiger partial charge in [0.15, 0.2) is 0 Å². The molecule has 8 rings (SSSR count). The maximum Gasteiger partial charge on any atom is -0.00261 e. The molecule has 0 aliphatic carbocycles. The van der Waals surface area contributed by atoms with E-state index in [9.17, 15) is 0 Å². The fourth-order valence-corrected chi connectivity index (χ4v) is 6.57. The van der Waals surface area contributed by atoms with Crippen LogP contribution in [-0.2, 0) is 0 Å². The van der Waals surface area contributed by atoms with E-state index in [-0.39, 0.29) is 0 Å². The van der Waals surface area contributed by atoms with Crippen molar-refractivity contribution in [3.05, 3.63) is 169 Å². The molecule has 0 spiro atoms. The van der Waals surface area contributed by atoms with Crippen molar-refractivity contribution in [2.75, 3.05) is 0 Å². The van der Waals surface area contributed by atoms with Crippen LogP contribution in [0.4, 0.5) is 0 Å². The Kier molecular flexibility index (Phi) is 6.12. The molecule has 0 saturated carbocycles. The van der Waals surface area contributed by atoms with Gasteiger partial charge in [0.2, 0.25) is 0 Å². The molecule has 0 fully saturated rings. The third-order valence-electron chi connectivity index (χ3n) is 8.72. The molecule has 0 unspecified atom stereocenters. The second kappa shape index (κ2) is 10.4. The summed E-state index contributed by atoms with van der Waals surface area (Å²) in [6.07, 6.45) is 0. The summed E-state index contributed by atoms with van der Waals surface area (Å²) in [4.78, 5) is 0. The second-order valence-corrected chi connectivity index (χ2v) is 11.4. The van der Waals surface area contributed by atoms with Gasteiger partial charge in [0.05, 0.1) is 0 Å². The third-order valence-corrected chi connectivity index (χ3v) is 8.72. The summed E-state index contributed by atoms with van der Waals surface area (Å²) >= 11 is 0. The molecule has 8 aromatic carbocycles. The largest absolute Gasteiger partial charge is 0.0622 e. The van der Waals surface area contributed by atoms with Crippen LogP contribution in [0.3, 0.4) is 0 Å². The van der Waals surface area contributed by atoms with Crippen molar-refractivity contribution < 1.29 is 0 Å². The summed E-state index contributed by atoms with van der Waals surface area (Å²) in [6, 6.07) is 59.9. The molecule has 0 aliphatic rings. The Labute approximate surface area is 252 Å². The topological polar surface area (TPSA) is 0 Å². The summed E-state index contributed by atoms with van der Waals surface area (Å²) in [6.45, 7) is 2.19. The van der Waals surface area contributed by atoms with Crippen LogP contribution in [0.5, 0.6) is 0 Å². The van der Waals surface area contributed by atoms with Gasteiger partial charge in [0.1, 0.15) is 0 Å². The highest BCUT2D eigenvalue weighted by Crippen LogP contribution is 2.44. The van der Waals surface area contributed by atoms with Gasteiger partial charge in [0.25, 0.3) is 0 Å². The van der Waals surface area contributed by atoms with Gasteiger partial charge < -0.3 is 0 Å². The van der Waals surface area contributed by atoms with Gasteiger partial charge in [-0.05, 0) is 89.8 Å². The number of benzene rings is 8. The van der Waals surface area contributed by atoms with Crippen LogP contribution < -0.4 is 0 Å². The van der Waals surface area contributed by atoms with Crippen molar-refractivity contribution in [3.8, 4) is 44.5 Å². The van der Waals surface area contributed by atoms with Crippen molar-refractivity contribution in [2.45, 2.75) is 6.92 Å². The van der Waals surface area contributed by atoms with Gasteiger partial charge in [-0.25, -0.2) is 0 Å². The number of hydrogen-bond acceptors (Lipinski definition) is 0. The minimum absolute atomic E-state index is 1.22. The first-order valence-electron chi connectivity index (χ1n) is 14.9. The Hall–Kier alpha value is -5.46. The van der Waals surface area contributed by atoms with Crippen LogP contribution in [0, 0.1) is 6.92 Å². The van der Waals surface area contributed by atoms with Crippen molar-refractivity contribution in [3.63, 3.8) is 0 Å². The lowest BCUT2D eigenvalue weighted by Gasteiger charge is -2.19. The van der Waals surface area contributed by atoms with E-state index in [1.165, 1.54) is 82.4 Å². The molecule has 0 aromatic heterocycles. The standard InChI is InChI=1S/C43H30/c1-29-15-26-40-41(27-29)43(37-25-22-31-11-5-6-12-36(31)28-37)39-14-8-7-13-38(39)42(40)35-23-20-34(21-24-35)33-18-16-32(17-19-33)30-9-3-2-4-10-30/h2-28H,1H3. The Morgan fingerprint density at radius 1 is 0.279 bits per heavy atom. The number of aryl methyl sites for hydroxylation is 1. The molecule has 0 radical (unpaired) electrons. The molecule has 0 bridgehead atoms. The van der Waals surface area contributed by atoms with E-state index in [1.54, 1.807) is 0 Å². The van der Waals surface area contributed by atoms with E-state index in [1.807, 2.05) is 0 Å². The quantitative estimate of drug-likeness (QED) is 0.193. The fraction of sp³-hybridized carbons (Fsp3) is 0.0233. The molecule has 0 saturated heterocycles. The lowest BCUT2D eigenvalue weighted by atomic mass is 9.85. The smallest absolute Gasteiger partial charge is 0.00261 e. The molecule has 43 heavy (non-hydrogen) atoms. The minimum atomic E-state index is 1.22. The molecule has 0 amide bonds. The Bertz CT molecular complexity index is 2250. The Morgan fingerprint density at radius 3 is 1.40 bits per heavy atom. The van der Waals surface area contributed by atoms with Gasteiger partial charge >= 0.3 is 0 Å². The first-order chi connectivity index (χ1) is 21.2. The molecule has 0 heterocycles. The summed E-state index contributed by atoms with van der Waals surface area (Å²) in [5, 5.41) is 7.68. The van der Waals surface area contributed by atoms with Gasteiger partial charge in [-0.15, -0.1) is 0 Å². The molecule has 0 N–H and O–H groups in total. The first kappa shape index (κ1) is 25.3. The highest BCUT2D eigenvalue weighted by molar-refractivity contribution is 6.21. The summed E-state index contributed by atoms with van der Waals surface area (Å²) in [5.41, 5.74) is 11.3. The third kappa shape index (κ3) is 4.49. The monoisotopic (exact) mass is 546 g/mol. The predicted octanol–water partition coefficient (Wildman–Crippen LogP) is 12.1. The summed E-state index contributed by atoms with van der Waals surface area (Å²) < 4.78 is 0. The molecular weight excluding hydrogens is 516 g/mol. The molecular formula is C43H30. The number of rotatable bonds is 4. The summed E-state index contributed by atoms with van der Waals surface area (Å²) in [5.74, 6) is 0. The molecule has 0 nitrogen and oxygen atoms in total. The minimum Gasteiger partial charge on any atom is -0.0622 e. The highest BCUT2D eigenvalue weighted by Gasteiger charge is 2.17. The van der Waals surface area contributed by atoms with Crippen LogP contribution >= 0.6 is 0 Å². The molecule has 202 valence electrons. The number of fused-ring (bicyclic) bond motifs is 3.